The molecule has 1 aliphatic heterocycles. The second-order valence-electron chi connectivity index (χ2n) is 1.85. The van der Waals surface area contributed by atoms with E-state index in [0.717, 1.165) is 0 Å². The highest BCUT2D eigenvalue weighted by Crippen LogP contribution is 2.30. The molecule has 0 aromatic rings. The first-order valence-electron chi connectivity index (χ1n) is 2.71. The van der Waals surface area contributed by atoms with Crippen molar-refractivity contribution in [2.45, 2.75) is 3.79 Å². The fourth-order valence-electron chi connectivity index (χ4n) is 0.580. The first kappa shape index (κ1) is 8.91. The van der Waals surface area contributed by atoms with E-state index >= 15 is 0 Å². The number of halogens is 3. The average Bonchev–Trinajstić information content (AvgIpc) is 2.34. The van der Waals surface area contributed by atoms with E-state index in [1.165, 1.54) is 12.3 Å². The zero-order chi connectivity index (χ0) is 8.48. The molecule has 0 spiro atoms. The molecule has 2 nitrogen and oxygen atoms in total. The van der Waals surface area contributed by atoms with Crippen LogP contribution in [0.1, 0.15) is 0 Å². The lowest BCUT2D eigenvalue weighted by molar-refractivity contribution is -0.115. The summed E-state index contributed by atoms with van der Waals surface area (Å²) in [5, 5.41) is 3.68. The lowest BCUT2D eigenvalue weighted by Crippen LogP contribution is -2.23. The number of rotatable bonds is 1. The van der Waals surface area contributed by atoms with Crippen LogP contribution >= 0.6 is 34.8 Å². The number of alkyl halides is 3. The van der Waals surface area contributed by atoms with Gasteiger partial charge in [-0.15, -0.1) is 0 Å². The Morgan fingerprint density at radius 2 is 2.09 bits per heavy atom. The Hall–Kier alpha value is -0.180. The van der Waals surface area contributed by atoms with Crippen LogP contribution in [0, 0.1) is 0 Å². The monoisotopic (exact) mass is 210 g/mol. The summed E-state index contributed by atoms with van der Waals surface area (Å²) in [5.74, 6) is -0.604. The summed E-state index contributed by atoms with van der Waals surface area (Å²) < 4.78 is -1.90. The third-order valence-electron chi connectivity index (χ3n) is 1.04. The van der Waals surface area contributed by atoms with Crippen molar-refractivity contribution in [2.24, 2.45) is 0 Å². The molecule has 0 bridgehead atoms. The van der Waals surface area contributed by atoms with E-state index < -0.39 is 9.58 Å². The van der Waals surface area contributed by atoms with Gasteiger partial charge in [-0.1, -0.05) is 34.8 Å². The summed E-state index contributed by atoms with van der Waals surface area (Å²) in [6.45, 7) is 0. The van der Waals surface area contributed by atoms with Crippen molar-refractivity contribution < 1.29 is 4.79 Å². The van der Waals surface area contributed by atoms with Gasteiger partial charge in [0.25, 0.3) is 3.79 Å². The molecule has 0 aromatic carbocycles. The zero-order valence-corrected chi connectivity index (χ0v) is 7.49. The summed E-state index contributed by atoms with van der Waals surface area (Å²) in [6, 6.07) is 0. The molecule has 0 saturated heterocycles. The highest BCUT2D eigenvalue weighted by Gasteiger charge is 2.34. The summed E-state index contributed by atoms with van der Waals surface area (Å²) in [6.07, 6.45) is 4.55. The molecule has 0 saturated carbocycles. The van der Waals surface area contributed by atoms with Gasteiger partial charge in [0.2, 0.25) is 5.78 Å². The number of ketones is 1. The Bertz CT molecular complexity index is 239. The van der Waals surface area contributed by atoms with Crippen LogP contribution in [-0.2, 0) is 4.79 Å². The second kappa shape index (κ2) is 3.05. The molecule has 0 atom stereocenters. The van der Waals surface area contributed by atoms with Crippen LogP contribution in [-0.4, -0.2) is 9.58 Å². The Morgan fingerprint density at radius 3 is 2.45 bits per heavy atom. The first-order chi connectivity index (χ1) is 5.02. The van der Waals surface area contributed by atoms with E-state index in [9.17, 15) is 4.79 Å². The van der Waals surface area contributed by atoms with Crippen LogP contribution in [0.5, 0.6) is 0 Å². The van der Waals surface area contributed by atoms with E-state index in [2.05, 4.69) is 5.32 Å². The summed E-state index contributed by atoms with van der Waals surface area (Å²) >= 11 is 15.9. The Morgan fingerprint density at radius 1 is 1.45 bits per heavy atom. The maximum atomic E-state index is 11.1. The van der Waals surface area contributed by atoms with Crippen molar-refractivity contribution in [2.75, 3.05) is 0 Å². The first-order valence-corrected chi connectivity index (χ1v) is 3.84. The van der Waals surface area contributed by atoms with Gasteiger partial charge in [0.05, 0.1) is 0 Å². The quantitative estimate of drug-likeness (QED) is 0.610. The van der Waals surface area contributed by atoms with Gasteiger partial charge in [0.1, 0.15) is 5.70 Å². The highest BCUT2D eigenvalue weighted by atomic mass is 35.6. The summed E-state index contributed by atoms with van der Waals surface area (Å²) in [4.78, 5) is 11.1. The number of allylic oxidation sites excluding steroid dienone is 3. The van der Waals surface area contributed by atoms with Crippen LogP contribution in [0.4, 0.5) is 0 Å². The maximum absolute atomic E-state index is 11.1. The average molecular weight is 211 g/mol. The molecule has 11 heavy (non-hydrogen) atoms. The predicted molar refractivity (Wildman–Crippen MR) is 44.7 cm³/mol. The molecule has 0 fully saturated rings. The van der Waals surface area contributed by atoms with Crippen LogP contribution in [0.25, 0.3) is 0 Å². The van der Waals surface area contributed by atoms with Crippen molar-refractivity contribution in [3.63, 3.8) is 0 Å². The predicted octanol–water partition coefficient (Wildman–Crippen LogP) is 1.94. The Kier molecular flexibility index (Phi) is 2.47. The van der Waals surface area contributed by atoms with E-state index in [1.54, 1.807) is 6.08 Å². The molecule has 1 heterocycles. The van der Waals surface area contributed by atoms with E-state index in [-0.39, 0.29) is 5.70 Å². The van der Waals surface area contributed by atoms with Gasteiger partial charge in [-0.05, 0) is 12.2 Å². The van der Waals surface area contributed by atoms with Crippen molar-refractivity contribution in [1.29, 1.82) is 0 Å². The van der Waals surface area contributed by atoms with E-state index in [4.69, 9.17) is 34.8 Å². The molecule has 0 aliphatic carbocycles. The van der Waals surface area contributed by atoms with Crippen molar-refractivity contribution >= 4 is 40.6 Å². The molecule has 0 aromatic heterocycles. The molecule has 1 aliphatic rings. The SMILES string of the molecule is O=C(C1=CC=C[N]1)C(Cl)(Cl)Cl. The second-order valence-corrected chi connectivity index (χ2v) is 4.13. The fraction of sp³-hybridized carbons (Fsp3) is 0.167. The zero-order valence-electron chi connectivity index (χ0n) is 5.22. The topological polar surface area (TPSA) is 31.2 Å². The lowest BCUT2D eigenvalue weighted by atomic mass is 10.3. The van der Waals surface area contributed by atoms with Gasteiger partial charge in [-0.25, -0.2) is 0 Å². The van der Waals surface area contributed by atoms with Crippen LogP contribution in [0.3, 0.4) is 0 Å². The molecule has 0 N–H and O–H groups in total. The minimum Gasteiger partial charge on any atom is -0.288 e. The summed E-state index contributed by atoms with van der Waals surface area (Å²) in [5.41, 5.74) is 0.171. The molecular weight excluding hydrogens is 208 g/mol. The molecule has 5 heteroatoms. The molecule has 1 radical (unpaired) electrons. The van der Waals surface area contributed by atoms with Gasteiger partial charge < -0.3 is 0 Å². The highest BCUT2D eigenvalue weighted by molar-refractivity contribution is 6.77. The number of hydrogen-bond acceptors (Lipinski definition) is 1. The normalized spacial score (nSPS) is 16.1. The van der Waals surface area contributed by atoms with Crippen molar-refractivity contribution in [3.05, 3.63) is 24.0 Å². The molecule has 1 rings (SSSR count). The number of carbonyl (C=O) groups is 1. The molecular formula is C6H3Cl3NO. The van der Waals surface area contributed by atoms with Gasteiger partial charge in [-0.3, -0.25) is 10.1 Å². The Balaban J connectivity index is 2.71. The smallest absolute Gasteiger partial charge is 0.255 e. The largest absolute Gasteiger partial charge is 0.288 e. The molecule has 0 unspecified atom stereocenters. The van der Waals surface area contributed by atoms with E-state index in [1.807, 2.05) is 0 Å². The van der Waals surface area contributed by atoms with Gasteiger partial charge in [-0.2, -0.15) is 0 Å². The third-order valence-corrected chi connectivity index (χ3v) is 1.56. The van der Waals surface area contributed by atoms with Crippen LogP contribution < -0.4 is 5.32 Å². The molecule has 0 amide bonds. The number of nitrogens with zero attached hydrogens (tertiary/aromatic N) is 1. The van der Waals surface area contributed by atoms with Gasteiger partial charge >= 0.3 is 0 Å². The number of hydrogen-bond donors (Lipinski definition) is 0. The van der Waals surface area contributed by atoms with Crippen LogP contribution in [0.15, 0.2) is 24.0 Å². The molecule has 59 valence electrons. The third kappa shape index (κ3) is 2.12. The minimum absolute atomic E-state index is 0.171. The number of carbonyl (C=O) groups excluding carboxylic acids is 1. The minimum atomic E-state index is -1.90. The van der Waals surface area contributed by atoms with Crippen LogP contribution in [0.2, 0.25) is 0 Å². The van der Waals surface area contributed by atoms with Gasteiger partial charge in [0, 0.05) is 6.20 Å². The van der Waals surface area contributed by atoms with Crippen molar-refractivity contribution in [3.8, 4) is 0 Å². The lowest BCUT2D eigenvalue weighted by Gasteiger charge is -2.08. The van der Waals surface area contributed by atoms with E-state index in [0.29, 0.717) is 0 Å². The standard InChI is InChI=1S/C6H3Cl3NO/c7-6(8,9)5(11)4-2-1-3-10-4/h1-3H. The fourth-order valence-corrected chi connectivity index (χ4v) is 0.871. The Labute approximate surface area is 78.8 Å². The van der Waals surface area contributed by atoms with Crippen molar-refractivity contribution in [1.82, 2.24) is 5.32 Å². The summed E-state index contributed by atoms with van der Waals surface area (Å²) in [7, 11) is 0. The maximum Gasteiger partial charge on any atom is 0.255 e. The van der Waals surface area contributed by atoms with Gasteiger partial charge in [0.15, 0.2) is 0 Å². The number of Topliss-reactive ketones (excluding diaryl/α,β-unsaturated/α-hetero) is 1.